The van der Waals surface area contributed by atoms with Crippen LogP contribution in [0.25, 0.3) is 45.0 Å². The number of hydrogen-bond donors (Lipinski definition) is 3. The van der Waals surface area contributed by atoms with Crippen LogP contribution in [0.3, 0.4) is 0 Å². The molecule has 2 aromatic heterocycles. The first-order chi connectivity index (χ1) is 21.2. The van der Waals surface area contributed by atoms with Gasteiger partial charge in [-0.15, -0.1) is 23.5 Å². The van der Waals surface area contributed by atoms with Crippen LogP contribution in [0.1, 0.15) is 43.4 Å². The van der Waals surface area contributed by atoms with E-state index in [2.05, 4.69) is 13.8 Å². The number of phenols is 3. The topological polar surface area (TPSA) is 86.5 Å². The SMILES string of the molecule is CCCSc1cc(-c2ccc(C)cc2O)nc(-c2cc(C)cc(-c3cc(SCCC)cc(-c4ccc(C)cc4O)n3)c2O)c1. The van der Waals surface area contributed by atoms with Crippen LogP contribution in [0.4, 0.5) is 0 Å². The molecule has 0 aliphatic rings. The molecule has 0 aliphatic heterocycles. The van der Waals surface area contributed by atoms with Crippen LogP contribution in [-0.4, -0.2) is 36.8 Å². The van der Waals surface area contributed by atoms with Gasteiger partial charge < -0.3 is 15.3 Å². The molecule has 0 saturated heterocycles. The summed E-state index contributed by atoms with van der Waals surface area (Å²) in [5.41, 5.74) is 7.91. The standard InChI is InChI=1S/C37H38N2O3S2/c1-6-12-43-25-18-31(27-10-8-22(3)16-35(27)40)38-33(20-25)29-14-24(5)15-30(37(29)42)34-21-26(44-13-7-2)19-32(39-34)28-11-9-23(4)17-36(28)41/h8-11,14-21,40-42H,6-7,12-13H2,1-5H3. The van der Waals surface area contributed by atoms with E-state index in [0.29, 0.717) is 45.0 Å². The summed E-state index contributed by atoms with van der Waals surface area (Å²) in [6.45, 7) is 10.2. The van der Waals surface area contributed by atoms with Crippen molar-refractivity contribution in [2.45, 2.75) is 57.3 Å². The van der Waals surface area contributed by atoms with Gasteiger partial charge in [0.25, 0.3) is 0 Å². The molecule has 0 radical (unpaired) electrons. The number of phenolic OH excluding ortho intramolecular Hbond substituents is 3. The quantitative estimate of drug-likeness (QED) is 0.134. The predicted octanol–water partition coefficient (Wildman–Crippen LogP) is 10.2. The Morgan fingerprint density at radius 3 is 1.25 bits per heavy atom. The summed E-state index contributed by atoms with van der Waals surface area (Å²) in [5.74, 6) is 2.31. The second kappa shape index (κ2) is 13.8. The third kappa shape index (κ3) is 7.06. The Bertz CT molecular complexity index is 1690. The Morgan fingerprint density at radius 2 is 0.886 bits per heavy atom. The van der Waals surface area contributed by atoms with Crippen molar-refractivity contribution < 1.29 is 15.3 Å². The molecular formula is C37H38N2O3S2. The molecule has 3 N–H and O–H groups in total. The lowest BCUT2D eigenvalue weighted by atomic mass is 9.98. The first-order valence-corrected chi connectivity index (χ1v) is 16.9. The first kappa shape index (κ1) is 31.5. The van der Waals surface area contributed by atoms with Gasteiger partial charge in [0.1, 0.15) is 17.2 Å². The van der Waals surface area contributed by atoms with Gasteiger partial charge in [0.15, 0.2) is 0 Å². The lowest BCUT2D eigenvalue weighted by molar-refractivity contribution is 0.476. The summed E-state index contributed by atoms with van der Waals surface area (Å²) >= 11 is 3.45. The predicted molar refractivity (Wildman–Crippen MR) is 185 cm³/mol. The molecule has 44 heavy (non-hydrogen) atoms. The van der Waals surface area contributed by atoms with Gasteiger partial charge >= 0.3 is 0 Å². The number of aryl methyl sites for hydroxylation is 3. The number of nitrogens with zero attached hydrogens (tertiary/aromatic N) is 2. The molecule has 0 aliphatic carbocycles. The Balaban J connectivity index is 1.69. The van der Waals surface area contributed by atoms with Crippen LogP contribution in [0, 0.1) is 20.8 Å². The fraction of sp³-hybridized carbons (Fsp3) is 0.243. The van der Waals surface area contributed by atoms with E-state index in [9.17, 15) is 15.3 Å². The number of benzene rings is 3. The number of rotatable bonds is 10. The third-order valence-corrected chi connectivity index (χ3v) is 9.57. The summed E-state index contributed by atoms with van der Waals surface area (Å²) in [5, 5.41) is 33.4. The summed E-state index contributed by atoms with van der Waals surface area (Å²) in [7, 11) is 0. The zero-order valence-corrected chi connectivity index (χ0v) is 27.4. The van der Waals surface area contributed by atoms with Crippen molar-refractivity contribution in [1.82, 2.24) is 9.97 Å². The Hall–Kier alpha value is -3.94. The molecule has 226 valence electrons. The van der Waals surface area contributed by atoms with Crippen molar-refractivity contribution in [3.63, 3.8) is 0 Å². The molecule has 0 spiro atoms. The maximum atomic E-state index is 11.9. The van der Waals surface area contributed by atoms with E-state index in [-0.39, 0.29) is 17.2 Å². The molecule has 0 atom stereocenters. The van der Waals surface area contributed by atoms with Crippen molar-refractivity contribution >= 4 is 23.5 Å². The van der Waals surface area contributed by atoms with Crippen LogP contribution in [0.15, 0.2) is 82.6 Å². The second-order valence-electron chi connectivity index (χ2n) is 11.1. The van der Waals surface area contributed by atoms with E-state index in [1.165, 1.54) is 0 Å². The van der Waals surface area contributed by atoms with E-state index in [1.807, 2.05) is 81.4 Å². The van der Waals surface area contributed by atoms with Gasteiger partial charge in [0.05, 0.1) is 22.8 Å². The molecule has 5 nitrogen and oxygen atoms in total. The van der Waals surface area contributed by atoms with E-state index in [0.717, 1.165) is 50.8 Å². The number of hydrogen-bond acceptors (Lipinski definition) is 7. The number of aromatic hydroxyl groups is 3. The summed E-state index contributed by atoms with van der Waals surface area (Å²) in [6.07, 6.45) is 2.04. The Kier molecular flexibility index (Phi) is 9.87. The van der Waals surface area contributed by atoms with Gasteiger partial charge in [-0.25, -0.2) is 9.97 Å². The van der Waals surface area contributed by atoms with Crippen LogP contribution < -0.4 is 0 Å². The minimum atomic E-state index is 0.0871. The van der Waals surface area contributed by atoms with Gasteiger partial charge in [-0.1, -0.05) is 26.0 Å². The van der Waals surface area contributed by atoms with E-state index in [1.54, 1.807) is 35.7 Å². The molecule has 0 fully saturated rings. The van der Waals surface area contributed by atoms with Crippen LogP contribution in [-0.2, 0) is 0 Å². The maximum Gasteiger partial charge on any atom is 0.134 e. The van der Waals surface area contributed by atoms with Crippen LogP contribution in [0.2, 0.25) is 0 Å². The first-order valence-electron chi connectivity index (χ1n) is 14.9. The molecule has 0 bridgehead atoms. The van der Waals surface area contributed by atoms with Crippen molar-refractivity contribution in [1.29, 1.82) is 0 Å². The lowest BCUT2D eigenvalue weighted by Crippen LogP contribution is -1.96. The van der Waals surface area contributed by atoms with Crippen LogP contribution >= 0.6 is 23.5 Å². The monoisotopic (exact) mass is 622 g/mol. The van der Waals surface area contributed by atoms with E-state index in [4.69, 9.17) is 9.97 Å². The van der Waals surface area contributed by atoms with Crippen molar-refractivity contribution in [2.24, 2.45) is 0 Å². The highest BCUT2D eigenvalue weighted by molar-refractivity contribution is 7.99. The van der Waals surface area contributed by atoms with Crippen molar-refractivity contribution in [3.05, 3.63) is 89.5 Å². The lowest BCUT2D eigenvalue weighted by Gasteiger charge is -2.16. The molecule has 0 saturated carbocycles. The van der Waals surface area contributed by atoms with E-state index < -0.39 is 0 Å². The molecular weight excluding hydrogens is 585 g/mol. The summed E-state index contributed by atoms with van der Waals surface area (Å²) < 4.78 is 0. The number of aromatic nitrogens is 2. The largest absolute Gasteiger partial charge is 0.507 e. The zero-order chi connectivity index (χ0) is 31.4. The highest BCUT2D eigenvalue weighted by Crippen LogP contribution is 2.43. The smallest absolute Gasteiger partial charge is 0.134 e. The maximum absolute atomic E-state index is 11.9. The normalized spacial score (nSPS) is 11.2. The van der Waals surface area contributed by atoms with Crippen LogP contribution in [0.5, 0.6) is 17.2 Å². The molecule has 0 amide bonds. The zero-order valence-electron chi connectivity index (χ0n) is 25.8. The summed E-state index contributed by atoms with van der Waals surface area (Å²) in [6, 6.07) is 23.1. The number of thioether (sulfide) groups is 2. The van der Waals surface area contributed by atoms with Gasteiger partial charge in [0, 0.05) is 32.0 Å². The molecule has 7 heteroatoms. The highest BCUT2D eigenvalue weighted by atomic mass is 32.2. The molecule has 5 rings (SSSR count). The molecule has 0 unspecified atom stereocenters. The van der Waals surface area contributed by atoms with E-state index >= 15 is 0 Å². The fourth-order valence-corrected chi connectivity index (χ4v) is 6.71. The average molecular weight is 623 g/mol. The molecule has 5 aromatic rings. The fourth-order valence-electron chi connectivity index (χ4n) is 5.06. The van der Waals surface area contributed by atoms with Crippen molar-refractivity contribution in [2.75, 3.05) is 11.5 Å². The number of pyridine rings is 2. The minimum Gasteiger partial charge on any atom is -0.507 e. The van der Waals surface area contributed by atoms with Crippen molar-refractivity contribution in [3.8, 4) is 62.3 Å². The minimum absolute atomic E-state index is 0.0871. The van der Waals surface area contributed by atoms with Gasteiger partial charge in [-0.3, -0.25) is 0 Å². The highest BCUT2D eigenvalue weighted by Gasteiger charge is 2.19. The van der Waals surface area contributed by atoms with Gasteiger partial charge in [0.2, 0.25) is 0 Å². The second-order valence-corrected chi connectivity index (χ2v) is 13.4. The Labute approximate surface area is 268 Å². The average Bonchev–Trinajstić information content (AvgIpc) is 2.99. The molecule has 2 heterocycles. The molecule has 3 aromatic carbocycles. The van der Waals surface area contributed by atoms with Gasteiger partial charge in [-0.05, 0) is 122 Å². The third-order valence-electron chi connectivity index (χ3n) is 7.21. The summed E-state index contributed by atoms with van der Waals surface area (Å²) in [4.78, 5) is 12.0. The Morgan fingerprint density at radius 1 is 0.500 bits per heavy atom. The van der Waals surface area contributed by atoms with Gasteiger partial charge in [-0.2, -0.15) is 0 Å².